The van der Waals surface area contributed by atoms with E-state index in [0.717, 1.165) is 17.5 Å². The Hall–Kier alpha value is -2.91. The van der Waals surface area contributed by atoms with Crippen molar-refractivity contribution in [2.45, 2.75) is 44.4 Å². The van der Waals surface area contributed by atoms with E-state index in [1.165, 1.54) is 20.4 Å². The molecule has 1 amide bonds. The Morgan fingerprint density at radius 2 is 1.84 bits per heavy atom. The van der Waals surface area contributed by atoms with Crippen LogP contribution in [-0.2, 0) is 0 Å². The van der Waals surface area contributed by atoms with Crippen LogP contribution < -0.4 is 14.8 Å². The zero-order chi connectivity index (χ0) is 23.0. The van der Waals surface area contributed by atoms with Crippen molar-refractivity contribution in [3.8, 4) is 11.5 Å². The smallest absolute Gasteiger partial charge is 0.410 e. The summed E-state index contributed by atoms with van der Waals surface area (Å²) in [5.41, 5.74) is 0.772. The van der Waals surface area contributed by atoms with Gasteiger partial charge in [-0.05, 0) is 36.5 Å². The summed E-state index contributed by atoms with van der Waals surface area (Å²) in [4.78, 5) is 14.8. The van der Waals surface area contributed by atoms with Crippen molar-refractivity contribution in [1.29, 1.82) is 0 Å². The predicted octanol–water partition coefficient (Wildman–Crippen LogP) is 4.43. The standard InChI is InChI=1S/C22H27F3N4O3/c1-13-6-8-28(9-7-13)21(30)15-12-26-29-19(22(23,24)25)11-16(27-20(15)29)14-4-5-17(31-2)18(10-14)32-3/h4-5,10,12-13,16,19,27H,6-9,11H2,1-3H3/t16-,19-/m0/s1. The maximum Gasteiger partial charge on any atom is 0.410 e. The van der Waals surface area contributed by atoms with Gasteiger partial charge in [0.2, 0.25) is 0 Å². The summed E-state index contributed by atoms with van der Waals surface area (Å²) in [6.45, 7) is 3.31. The molecule has 3 heterocycles. The minimum Gasteiger partial charge on any atom is -0.493 e. The highest BCUT2D eigenvalue weighted by atomic mass is 19.4. The Labute approximate surface area is 184 Å². The number of carbonyl (C=O) groups is 1. The number of nitrogens with one attached hydrogen (secondary N) is 1. The maximum atomic E-state index is 14.0. The number of aromatic nitrogens is 2. The molecule has 32 heavy (non-hydrogen) atoms. The average Bonchev–Trinajstić information content (AvgIpc) is 3.21. The van der Waals surface area contributed by atoms with Crippen molar-refractivity contribution < 1.29 is 27.4 Å². The Balaban J connectivity index is 1.69. The highest BCUT2D eigenvalue weighted by Gasteiger charge is 2.47. The molecule has 0 aliphatic carbocycles. The Bertz CT molecular complexity index is 983. The molecule has 0 radical (unpaired) electrons. The molecule has 1 N–H and O–H groups in total. The van der Waals surface area contributed by atoms with Crippen molar-refractivity contribution in [3.05, 3.63) is 35.5 Å². The first-order chi connectivity index (χ1) is 15.2. The van der Waals surface area contributed by atoms with Crippen LogP contribution in [0.5, 0.6) is 11.5 Å². The Morgan fingerprint density at radius 3 is 2.47 bits per heavy atom. The van der Waals surface area contributed by atoms with Gasteiger partial charge in [-0.2, -0.15) is 18.3 Å². The molecule has 1 aromatic heterocycles. The summed E-state index contributed by atoms with van der Waals surface area (Å²) in [5.74, 6) is 1.25. The molecule has 2 aliphatic rings. The fraction of sp³-hybridized carbons (Fsp3) is 0.545. The highest BCUT2D eigenvalue weighted by Crippen LogP contribution is 2.45. The van der Waals surface area contributed by atoms with Gasteiger partial charge in [0.25, 0.3) is 5.91 Å². The average molecular weight is 452 g/mol. The number of benzene rings is 1. The number of methoxy groups -OCH3 is 2. The SMILES string of the molecule is COc1ccc([C@@H]2C[C@@H](C(F)(F)F)n3ncc(C(=O)N4CCC(C)CC4)c3N2)cc1OC. The number of piperidine rings is 1. The zero-order valence-corrected chi connectivity index (χ0v) is 18.3. The summed E-state index contributed by atoms with van der Waals surface area (Å²) >= 11 is 0. The monoisotopic (exact) mass is 452 g/mol. The van der Waals surface area contributed by atoms with E-state index < -0.39 is 18.3 Å². The van der Waals surface area contributed by atoms with Crippen LogP contribution in [0.3, 0.4) is 0 Å². The number of alkyl halides is 3. The lowest BCUT2D eigenvalue weighted by Gasteiger charge is -2.35. The maximum absolute atomic E-state index is 14.0. The third-order valence-corrected chi connectivity index (χ3v) is 6.35. The summed E-state index contributed by atoms with van der Waals surface area (Å²) in [7, 11) is 2.97. The van der Waals surface area contributed by atoms with E-state index in [2.05, 4.69) is 17.3 Å². The normalized spacial score (nSPS) is 21.6. The van der Waals surface area contributed by atoms with Gasteiger partial charge in [-0.1, -0.05) is 13.0 Å². The number of ether oxygens (including phenoxy) is 2. The molecule has 1 fully saturated rings. The molecule has 1 saturated heterocycles. The minimum absolute atomic E-state index is 0.0991. The number of hydrogen-bond donors (Lipinski definition) is 1. The summed E-state index contributed by atoms with van der Waals surface area (Å²) in [6.07, 6.45) is -1.77. The summed E-state index contributed by atoms with van der Waals surface area (Å²) in [6, 6.07) is 2.49. The minimum atomic E-state index is -4.52. The lowest BCUT2D eigenvalue weighted by Crippen LogP contribution is -2.39. The van der Waals surface area contributed by atoms with Crippen LogP contribution in [0.2, 0.25) is 0 Å². The molecular formula is C22H27F3N4O3. The third-order valence-electron chi connectivity index (χ3n) is 6.35. The van der Waals surface area contributed by atoms with Crippen LogP contribution >= 0.6 is 0 Å². The highest BCUT2D eigenvalue weighted by molar-refractivity contribution is 5.99. The van der Waals surface area contributed by atoms with Gasteiger partial charge in [-0.25, -0.2) is 4.68 Å². The van der Waals surface area contributed by atoms with E-state index in [1.54, 1.807) is 23.1 Å². The van der Waals surface area contributed by atoms with E-state index in [1.807, 2.05) is 0 Å². The van der Waals surface area contributed by atoms with Crippen molar-refractivity contribution in [2.75, 3.05) is 32.6 Å². The number of hydrogen-bond acceptors (Lipinski definition) is 5. The first-order valence-corrected chi connectivity index (χ1v) is 10.6. The Morgan fingerprint density at radius 1 is 1.16 bits per heavy atom. The lowest BCUT2D eigenvalue weighted by atomic mass is 9.96. The van der Waals surface area contributed by atoms with E-state index >= 15 is 0 Å². The van der Waals surface area contributed by atoms with Gasteiger partial charge >= 0.3 is 6.18 Å². The quantitative estimate of drug-likeness (QED) is 0.743. The number of halogens is 3. The van der Waals surface area contributed by atoms with E-state index in [4.69, 9.17) is 9.47 Å². The first kappa shape index (κ1) is 22.3. The number of fused-ring (bicyclic) bond motifs is 1. The number of likely N-dealkylation sites (tertiary alicyclic amines) is 1. The summed E-state index contributed by atoms with van der Waals surface area (Å²) < 4.78 is 53.3. The lowest BCUT2D eigenvalue weighted by molar-refractivity contribution is -0.173. The van der Waals surface area contributed by atoms with Crippen LogP contribution in [0.15, 0.2) is 24.4 Å². The van der Waals surface area contributed by atoms with E-state index in [9.17, 15) is 18.0 Å². The van der Waals surface area contributed by atoms with Gasteiger partial charge in [-0.3, -0.25) is 4.79 Å². The molecule has 2 atom stereocenters. The number of amides is 1. The van der Waals surface area contributed by atoms with Crippen LogP contribution in [0.1, 0.15) is 54.2 Å². The van der Waals surface area contributed by atoms with Gasteiger partial charge in [0, 0.05) is 19.5 Å². The zero-order valence-electron chi connectivity index (χ0n) is 18.3. The van der Waals surface area contributed by atoms with E-state index in [0.29, 0.717) is 36.1 Å². The van der Waals surface area contributed by atoms with Crippen molar-refractivity contribution in [3.63, 3.8) is 0 Å². The van der Waals surface area contributed by atoms with Crippen LogP contribution in [0.25, 0.3) is 0 Å². The largest absolute Gasteiger partial charge is 0.493 e. The first-order valence-electron chi connectivity index (χ1n) is 10.6. The molecule has 0 bridgehead atoms. The topological polar surface area (TPSA) is 68.6 Å². The van der Waals surface area contributed by atoms with Gasteiger partial charge in [0.05, 0.1) is 26.5 Å². The van der Waals surface area contributed by atoms with Crippen LogP contribution in [0, 0.1) is 5.92 Å². The molecule has 174 valence electrons. The second-order valence-corrected chi connectivity index (χ2v) is 8.43. The molecule has 2 aromatic rings. The number of rotatable bonds is 4. The molecule has 7 nitrogen and oxygen atoms in total. The third kappa shape index (κ3) is 4.10. The van der Waals surface area contributed by atoms with Crippen molar-refractivity contribution in [1.82, 2.24) is 14.7 Å². The second-order valence-electron chi connectivity index (χ2n) is 8.43. The molecule has 0 saturated carbocycles. The van der Waals surface area contributed by atoms with Gasteiger partial charge in [0.1, 0.15) is 11.4 Å². The molecule has 4 rings (SSSR count). The van der Waals surface area contributed by atoms with Crippen LogP contribution in [-0.4, -0.2) is 54.1 Å². The molecular weight excluding hydrogens is 425 g/mol. The van der Waals surface area contributed by atoms with Gasteiger partial charge in [0.15, 0.2) is 17.5 Å². The number of nitrogens with zero attached hydrogens (tertiary/aromatic N) is 3. The molecule has 10 heteroatoms. The Kier molecular flexibility index (Phi) is 5.96. The van der Waals surface area contributed by atoms with Crippen molar-refractivity contribution in [2.24, 2.45) is 5.92 Å². The van der Waals surface area contributed by atoms with Crippen molar-refractivity contribution >= 4 is 11.7 Å². The number of carbonyl (C=O) groups excluding carboxylic acids is 1. The summed E-state index contributed by atoms with van der Waals surface area (Å²) in [5, 5.41) is 7.10. The van der Waals surface area contributed by atoms with Gasteiger partial charge < -0.3 is 19.7 Å². The van der Waals surface area contributed by atoms with Gasteiger partial charge in [-0.15, -0.1) is 0 Å². The van der Waals surface area contributed by atoms with E-state index in [-0.39, 0.29) is 23.7 Å². The molecule has 0 unspecified atom stereocenters. The molecule has 1 aromatic carbocycles. The molecule has 0 spiro atoms. The predicted molar refractivity (Wildman–Crippen MR) is 112 cm³/mol. The fourth-order valence-corrected chi connectivity index (χ4v) is 4.39. The number of anilines is 1. The fourth-order valence-electron chi connectivity index (χ4n) is 4.39. The molecule has 2 aliphatic heterocycles. The second kappa shape index (κ2) is 8.55. The van der Waals surface area contributed by atoms with Crippen LogP contribution in [0.4, 0.5) is 19.0 Å².